The second kappa shape index (κ2) is 5.85. The van der Waals surface area contributed by atoms with Gasteiger partial charge in [-0.1, -0.05) is 19.6 Å². The molecule has 4 heteroatoms. The first-order valence-electron chi connectivity index (χ1n) is 5.48. The number of ether oxygens (including phenoxy) is 2. The highest BCUT2D eigenvalue weighted by Gasteiger charge is 2.15. The minimum Gasteiger partial charge on any atom is -0.356 e. The van der Waals surface area contributed by atoms with E-state index >= 15 is 0 Å². The molecule has 0 aromatic rings. The van der Waals surface area contributed by atoms with Gasteiger partial charge in [0.1, 0.15) is 6.79 Å². The summed E-state index contributed by atoms with van der Waals surface area (Å²) in [5.74, 6) is 0. The monoisotopic (exact) mass is 217 g/mol. The highest BCUT2D eigenvalue weighted by Crippen LogP contribution is 2.08. The zero-order chi connectivity index (χ0) is 10.4. The van der Waals surface area contributed by atoms with Crippen LogP contribution in [-0.2, 0) is 9.47 Å². The van der Waals surface area contributed by atoms with Crippen molar-refractivity contribution in [2.75, 3.05) is 26.5 Å². The van der Waals surface area contributed by atoms with Crippen LogP contribution in [0.15, 0.2) is 0 Å². The van der Waals surface area contributed by atoms with Crippen molar-refractivity contribution in [2.24, 2.45) is 0 Å². The van der Waals surface area contributed by atoms with E-state index in [1.807, 2.05) is 0 Å². The summed E-state index contributed by atoms with van der Waals surface area (Å²) in [6.07, 6.45) is 1.50. The molecule has 1 heterocycles. The Labute approximate surface area is 88.2 Å². The summed E-state index contributed by atoms with van der Waals surface area (Å²) in [6, 6.07) is 1.22. The van der Waals surface area contributed by atoms with Gasteiger partial charge in [0, 0.05) is 21.2 Å². The van der Waals surface area contributed by atoms with Crippen LogP contribution in [-0.4, -0.2) is 40.7 Å². The highest BCUT2D eigenvalue weighted by molar-refractivity contribution is 6.76. The van der Waals surface area contributed by atoms with E-state index in [-0.39, 0.29) is 0 Å². The molecular weight excluding hydrogens is 194 g/mol. The molecule has 1 aliphatic heterocycles. The molecule has 1 unspecified atom stereocenters. The van der Waals surface area contributed by atoms with Crippen LogP contribution in [0.2, 0.25) is 25.7 Å². The average Bonchev–Trinajstić information content (AvgIpc) is 2.54. The number of rotatable bonds is 6. The van der Waals surface area contributed by atoms with Crippen LogP contribution >= 0.6 is 0 Å². The molecule has 0 saturated carbocycles. The van der Waals surface area contributed by atoms with E-state index in [0.717, 1.165) is 26.1 Å². The number of nitrogens with one attached hydrogen (secondary N) is 1. The third kappa shape index (κ3) is 5.75. The van der Waals surface area contributed by atoms with E-state index in [1.54, 1.807) is 0 Å². The Hall–Kier alpha value is 0.0969. The molecule has 1 saturated heterocycles. The lowest BCUT2D eigenvalue weighted by Gasteiger charge is -2.16. The Morgan fingerprint density at radius 3 is 2.71 bits per heavy atom. The molecule has 1 fully saturated rings. The second-order valence-electron chi connectivity index (χ2n) is 5.12. The minimum atomic E-state index is -0.932. The fraction of sp³-hybridized carbons (Fsp3) is 1.00. The van der Waals surface area contributed by atoms with Gasteiger partial charge in [0.2, 0.25) is 0 Å². The Morgan fingerprint density at radius 1 is 1.36 bits per heavy atom. The van der Waals surface area contributed by atoms with Crippen molar-refractivity contribution in [1.29, 1.82) is 0 Å². The second-order valence-corrected chi connectivity index (χ2v) is 10.7. The number of hydrogen-bond acceptors (Lipinski definition) is 3. The highest BCUT2D eigenvalue weighted by atomic mass is 28.3. The van der Waals surface area contributed by atoms with Crippen LogP contribution in [0.3, 0.4) is 0 Å². The van der Waals surface area contributed by atoms with Gasteiger partial charge in [0.05, 0.1) is 6.10 Å². The van der Waals surface area contributed by atoms with Crippen molar-refractivity contribution in [3.8, 4) is 0 Å². The van der Waals surface area contributed by atoms with Crippen molar-refractivity contribution in [3.05, 3.63) is 0 Å². The first-order chi connectivity index (χ1) is 6.58. The summed E-state index contributed by atoms with van der Waals surface area (Å²) in [5, 5.41) is 3.26. The zero-order valence-corrected chi connectivity index (χ0v) is 10.6. The van der Waals surface area contributed by atoms with Crippen molar-refractivity contribution in [2.45, 2.75) is 38.2 Å². The van der Waals surface area contributed by atoms with Crippen LogP contribution in [0.1, 0.15) is 6.42 Å². The summed E-state index contributed by atoms with van der Waals surface area (Å²) in [5.41, 5.74) is 0. The zero-order valence-electron chi connectivity index (χ0n) is 9.64. The summed E-state index contributed by atoms with van der Waals surface area (Å²) in [7, 11) is -0.932. The molecule has 84 valence electrons. The van der Waals surface area contributed by atoms with Gasteiger partial charge in [-0.05, 0) is 19.0 Å². The van der Waals surface area contributed by atoms with E-state index in [1.165, 1.54) is 6.04 Å². The first-order valence-corrected chi connectivity index (χ1v) is 9.19. The molecule has 14 heavy (non-hydrogen) atoms. The molecule has 0 aromatic carbocycles. The summed E-state index contributed by atoms with van der Waals surface area (Å²) in [4.78, 5) is 0. The summed E-state index contributed by atoms with van der Waals surface area (Å²) < 4.78 is 11.0. The van der Waals surface area contributed by atoms with Gasteiger partial charge < -0.3 is 14.8 Å². The lowest BCUT2D eigenvalue weighted by atomic mass is 10.3. The van der Waals surface area contributed by atoms with Crippen molar-refractivity contribution in [3.63, 3.8) is 0 Å². The number of hydrogen-bond donors (Lipinski definition) is 1. The van der Waals surface area contributed by atoms with Gasteiger partial charge in [0.15, 0.2) is 0 Å². The SMILES string of the molecule is C[Si](C)(C)CCOCOC1CCNC1. The van der Waals surface area contributed by atoms with Crippen LogP contribution in [0.25, 0.3) is 0 Å². The van der Waals surface area contributed by atoms with Gasteiger partial charge in [-0.3, -0.25) is 0 Å². The maximum Gasteiger partial charge on any atom is 0.147 e. The van der Waals surface area contributed by atoms with Gasteiger partial charge in [-0.15, -0.1) is 0 Å². The van der Waals surface area contributed by atoms with Crippen molar-refractivity contribution in [1.82, 2.24) is 5.32 Å². The Morgan fingerprint density at radius 2 is 2.14 bits per heavy atom. The molecule has 3 nitrogen and oxygen atoms in total. The molecule has 1 rings (SSSR count). The van der Waals surface area contributed by atoms with Gasteiger partial charge in [-0.2, -0.15) is 0 Å². The maximum atomic E-state index is 5.55. The predicted molar refractivity (Wildman–Crippen MR) is 61.3 cm³/mol. The van der Waals surface area contributed by atoms with Gasteiger partial charge in [0.25, 0.3) is 0 Å². The molecular formula is C10H23NO2Si. The Kier molecular flexibility index (Phi) is 5.09. The summed E-state index contributed by atoms with van der Waals surface area (Å²) in [6.45, 7) is 10.5. The average molecular weight is 217 g/mol. The molecule has 1 N–H and O–H groups in total. The van der Waals surface area contributed by atoms with Crippen LogP contribution in [0, 0.1) is 0 Å². The first kappa shape index (κ1) is 12.2. The quantitative estimate of drug-likeness (QED) is 0.417. The molecule has 0 spiro atoms. The van der Waals surface area contributed by atoms with Crippen LogP contribution in [0.4, 0.5) is 0 Å². The Bertz CT molecular complexity index is 153. The molecule has 0 amide bonds. The van der Waals surface area contributed by atoms with E-state index in [4.69, 9.17) is 9.47 Å². The maximum absolute atomic E-state index is 5.55. The van der Waals surface area contributed by atoms with Gasteiger partial charge in [-0.25, -0.2) is 0 Å². The predicted octanol–water partition coefficient (Wildman–Crippen LogP) is 1.68. The van der Waals surface area contributed by atoms with E-state index in [2.05, 4.69) is 25.0 Å². The molecule has 0 aliphatic carbocycles. The topological polar surface area (TPSA) is 30.5 Å². The molecule has 0 aromatic heterocycles. The van der Waals surface area contributed by atoms with Crippen molar-refractivity contribution >= 4 is 8.07 Å². The minimum absolute atomic E-state index is 0.377. The molecule has 0 bridgehead atoms. The van der Waals surface area contributed by atoms with Crippen LogP contribution < -0.4 is 5.32 Å². The molecule has 0 radical (unpaired) electrons. The lowest BCUT2D eigenvalue weighted by molar-refractivity contribution is -0.0796. The smallest absolute Gasteiger partial charge is 0.147 e. The third-order valence-corrected chi connectivity index (χ3v) is 4.10. The van der Waals surface area contributed by atoms with Crippen LogP contribution in [0.5, 0.6) is 0 Å². The molecule has 1 atom stereocenters. The Balaban J connectivity index is 1.89. The summed E-state index contributed by atoms with van der Waals surface area (Å²) >= 11 is 0. The third-order valence-electron chi connectivity index (χ3n) is 2.40. The standard InChI is InChI=1S/C10H23NO2Si/c1-14(2,3)7-6-12-9-13-10-4-5-11-8-10/h10-11H,4-9H2,1-3H3. The molecule has 1 aliphatic rings. The largest absolute Gasteiger partial charge is 0.356 e. The lowest BCUT2D eigenvalue weighted by Crippen LogP contribution is -2.23. The fourth-order valence-corrected chi connectivity index (χ4v) is 2.11. The van der Waals surface area contributed by atoms with E-state index in [9.17, 15) is 0 Å². The normalized spacial score (nSPS) is 22.9. The van der Waals surface area contributed by atoms with Gasteiger partial charge >= 0.3 is 0 Å². The van der Waals surface area contributed by atoms with E-state index < -0.39 is 8.07 Å². The fourth-order valence-electron chi connectivity index (χ4n) is 1.35. The van der Waals surface area contributed by atoms with Crippen molar-refractivity contribution < 1.29 is 9.47 Å². The van der Waals surface area contributed by atoms with E-state index in [0.29, 0.717) is 12.9 Å².